The number of ether oxygens (including phenoxy) is 1. The summed E-state index contributed by atoms with van der Waals surface area (Å²) in [5, 5.41) is 19.9. The average Bonchev–Trinajstić information content (AvgIpc) is 3.39. The van der Waals surface area contributed by atoms with Crippen molar-refractivity contribution < 1.29 is 9.84 Å². The molecule has 3 aromatic heterocycles. The lowest BCUT2D eigenvalue weighted by atomic mass is 10.0. The van der Waals surface area contributed by atoms with Gasteiger partial charge < -0.3 is 20.1 Å². The molecule has 1 aromatic carbocycles. The van der Waals surface area contributed by atoms with Crippen LogP contribution in [0.15, 0.2) is 36.5 Å². The molecule has 2 fully saturated rings. The fourth-order valence-corrected chi connectivity index (χ4v) is 4.73. The monoisotopic (exact) mass is 430 g/mol. The van der Waals surface area contributed by atoms with Crippen LogP contribution in [0.4, 0.5) is 5.82 Å². The van der Waals surface area contributed by atoms with Gasteiger partial charge in [-0.05, 0) is 43.7 Å². The van der Waals surface area contributed by atoms with Crippen LogP contribution in [-0.2, 0) is 11.8 Å². The summed E-state index contributed by atoms with van der Waals surface area (Å²) in [4.78, 5) is 12.0. The summed E-state index contributed by atoms with van der Waals surface area (Å²) in [6.45, 7) is 5.48. The van der Waals surface area contributed by atoms with E-state index in [1.165, 1.54) is 0 Å². The van der Waals surface area contributed by atoms with E-state index in [0.717, 1.165) is 71.7 Å². The van der Waals surface area contributed by atoms with E-state index in [4.69, 9.17) is 14.7 Å². The first-order chi connectivity index (χ1) is 15.5. The van der Waals surface area contributed by atoms with Gasteiger partial charge >= 0.3 is 0 Å². The topological polar surface area (TPSA) is 88.3 Å². The molecule has 1 atom stereocenters. The third-order valence-corrected chi connectivity index (χ3v) is 6.55. The summed E-state index contributed by atoms with van der Waals surface area (Å²) in [5.41, 5.74) is 4.68. The maximum atomic E-state index is 10.8. The van der Waals surface area contributed by atoms with Crippen molar-refractivity contribution in [2.45, 2.75) is 25.4 Å². The number of nitrogens with zero attached hydrogens (tertiary/aromatic N) is 5. The summed E-state index contributed by atoms with van der Waals surface area (Å²) >= 11 is 0. The second-order valence-electron chi connectivity index (χ2n) is 8.88. The Morgan fingerprint density at radius 2 is 1.91 bits per heavy atom. The minimum Gasteiger partial charge on any atom is -0.507 e. The zero-order chi connectivity index (χ0) is 21.8. The molecule has 1 unspecified atom stereocenters. The number of benzene rings is 1. The first-order valence-electron chi connectivity index (χ1n) is 11.1. The minimum atomic E-state index is 0.222. The van der Waals surface area contributed by atoms with Crippen LogP contribution in [0.1, 0.15) is 12.0 Å². The Labute approximate surface area is 185 Å². The van der Waals surface area contributed by atoms with Crippen molar-refractivity contribution in [2.24, 2.45) is 7.05 Å². The molecule has 6 rings (SSSR count). The first kappa shape index (κ1) is 19.5. The van der Waals surface area contributed by atoms with Crippen LogP contribution in [-0.4, -0.2) is 63.2 Å². The Morgan fingerprint density at radius 3 is 2.72 bits per heavy atom. The van der Waals surface area contributed by atoms with Crippen molar-refractivity contribution >= 4 is 27.8 Å². The van der Waals surface area contributed by atoms with Gasteiger partial charge in [-0.3, -0.25) is 4.68 Å². The zero-order valence-corrected chi connectivity index (χ0v) is 18.2. The minimum absolute atomic E-state index is 0.222. The van der Waals surface area contributed by atoms with Crippen LogP contribution >= 0.6 is 0 Å². The first-order valence-corrected chi connectivity index (χ1v) is 11.1. The Bertz CT molecular complexity index is 1330. The van der Waals surface area contributed by atoms with E-state index in [0.29, 0.717) is 17.6 Å². The number of pyridine rings is 2. The van der Waals surface area contributed by atoms with Crippen molar-refractivity contribution in [3.8, 4) is 17.0 Å². The SMILES string of the molecule is Cc1c(O)c(-c2ccc3nc(N4CCC(NC5COC5)C4)ccc3n2)cc2cn(C)nc12. The molecule has 2 N–H and O–H groups in total. The van der Waals surface area contributed by atoms with Crippen molar-refractivity contribution in [2.75, 3.05) is 31.2 Å². The van der Waals surface area contributed by atoms with Crippen molar-refractivity contribution in [1.29, 1.82) is 0 Å². The average molecular weight is 431 g/mol. The van der Waals surface area contributed by atoms with E-state index in [2.05, 4.69) is 15.3 Å². The molecule has 164 valence electrons. The molecule has 0 bridgehead atoms. The molecule has 0 radical (unpaired) electrons. The lowest BCUT2D eigenvalue weighted by Crippen LogP contribution is -2.51. The van der Waals surface area contributed by atoms with Gasteiger partial charge in [0, 0.05) is 48.9 Å². The molecule has 2 aliphatic rings. The molecule has 5 heterocycles. The predicted molar refractivity (Wildman–Crippen MR) is 124 cm³/mol. The summed E-state index contributed by atoms with van der Waals surface area (Å²) in [7, 11) is 1.88. The normalized spacial score (nSPS) is 19.2. The van der Waals surface area contributed by atoms with Crippen molar-refractivity contribution in [1.82, 2.24) is 25.1 Å². The lowest BCUT2D eigenvalue weighted by molar-refractivity contribution is -0.00895. The summed E-state index contributed by atoms with van der Waals surface area (Å²) in [6.07, 6.45) is 3.07. The third-order valence-electron chi connectivity index (χ3n) is 6.55. The number of aromatic hydroxyl groups is 1. The second-order valence-corrected chi connectivity index (χ2v) is 8.88. The van der Waals surface area contributed by atoms with Gasteiger partial charge in [0.05, 0.1) is 41.5 Å². The maximum absolute atomic E-state index is 10.8. The lowest BCUT2D eigenvalue weighted by Gasteiger charge is -2.30. The summed E-state index contributed by atoms with van der Waals surface area (Å²) < 4.78 is 7.03. The quantitative estimate of drug-likeness (QED) is 0.515. The molecule has 0 aliphatic carbocycles. The zero-order valence-electron chi connectivity index (χ0n) is 18.2. The molecule has 32 heavy (non-hydrogen) atoms. The molecule has 8 nitrogen and oxygen atoms in total. The molecular weight excluding hydrogens is 404 g/mol. The van der Waals surface area contributed by atoms with E-state index in [1.807, 2.05) is 50.5 Å². The molecule has 0 saturated carbocycles. The Kier molecular flexibility index (Phi) is 4.51. The van der Waals surface area contributed by atoms with Gasteiger partial charge in [-0.1, -0.05) is 0 Å². The van der Waals surface area contributed by atoms with Crippen LogP contribution in [0.3, 0.4) is 0 Å². The van der Waals surface area contributed by atoms with E-state index in [9.17, 15) is 5.11 Å². The molecule has 0 spiro atoms. The fourth-order valence-electron chi connectivity index (χ4n) is 4.73. The number of aryl methyl sites for hydroxylation is 2. The van der Waals surface area contributed by atoms with Gasteiger partial charge in [-0.2, -0.15) is 5.10 Å². The van der Waals surface area contributed by atoms with Crippen LogP contribution in [0.25, 0.3) is 33.2 Å². The van der Waals surface area contributed by atoms with Crippen molar-refractivity contribution in [3.63, 3.8) is 0 Å². The second kappa shape index (κ2) is 7.43. The highest BCUT2D eigenvalue weighted by Gasteiger charge is 2.28. The number of hydrogen-bond donors (Lipinski definition) is 2. The molecule has 4 aromatic rings. The molecular formula is C24H26N6O2. The van der Waals surface area contributed by atoms with Crippen LogP contribution in [0, 0.1) is 6.92 Å². The Hall–Kier alpha value is -3.23. The number of phenolic OH excluding ortho intramolecular Hbond substituents is 1. The van der Waals surface area contributed by atoms with Gasteiger partial charge in [-0.25, -0.2) is 9.97 Å². The Balaban J connectivity index is 1.29. The van der Waals surface area contributed by atoms with Gasteiger partial charge in [-0.15, -0.1) is 0 Å². The Morgan fingerprint density at radius 1 is 1.09 bits per heavy atom. The maximum Gasteiger partial charge on any atom is 0.130 e. The van der Waals surface area contributed by atoms with Crippen LogP contribution in [0.5, 0.6) is 5.75 Å². The standard InChI is InChI=1S/C24H26N6O2/c1-14-23-15(10-29(2)28-23)9-18(24(14)31)19-3-4-21-20(26-19)5-6-22(27-21)30-8-7-16(11-30)25-17-12-32-13-17/h3-6,9-10,16-17,25,31H,7-8,11-13H2,1-2H3. The van der Waals surface area contributed by atoms with Crippen LogP contribution in [0.2, 0.25) is 0 Å². The van der Waals surface area contributed by atoms with E-state index >= 15 is 0 Å². The highest BCUT2D eigenvalue weighted by atomic mass is 16.5. The predicted octanol–water partition coefficient (Wildman–Crippen LogP) is 2.76. The molecule has 2 saturated heterocycles. The third kappa shape index (κ3) is 3.27. The number of hydrogen-bond acceptors (Lipinski definition) is 7. The smallest absolute Gasteiger partial charge is 0.130 e. The number of aromatic nitrogens is 4. The number of fused-ring (bicyclic) bond motifs is 2. The summed E-state index contributed by atoms with van der Waals surface area (Å²) in [6, 6.07) is 10.9. The fraction of sp³-hybridized carbons (Fsp3) is 0.375. The largest absolute Gasteiger partial charge is 0.507 e. The van der Waals surface area contributed by atoms with Crippen molar-refractivity contribution in [3.05, 3.63) is 42.1 Å². The van der Waals surface area contributed by atoms with E-state index in [-0.39, 0.29) is 5.75 Å². The van der Waals surface area contributed by atoms with Gasteiger partial charge in [0.2, 0.25) is 0 Å². The van der Waals surface area contributed by atoms with Gasteiger partial charge in [0.15, 0.2) is 0 Å². The van der Waals surface area contributed by atoms with Gasteiger partial charge in [0.1, 0.15) is 11.6 Å². The number of rotatable bonds is 4. The molecule has 8 heteroatoms. The summed E-state index contributed by atoms with van der Waals surface area (Å²) in [5.74, 6) is 1.21. The van der Waals surface area contributed by atoms with E-state index in [1.54, 1.807) is 4.68 Å². The number of phenols is 1. The highest BCUT2D eigenvalue weighted by Crippen LogP contribution is 2.36. The van der Waals surface area contributed by atoms with Crippen LogP contribution < -0.4 is 10.2 Å². The number of nitrogens with one attached hydrogen (secondary N) is 1. The van der Waals surface area contributed by atoms with E-state index < -0.39 is 0 Å². The highest BCUT2D eigenvalue weighted by molar-refractivity contribution is 5.91. The molecule has 0 amide bonds. The molecule has 2 aliphatic heterocycles. The number of anilines is 1. The van der Waals surface area contributed by atoms with Gasteiger partial charge in [0.25, 0.3) is 0 Å².